The second-order valence-corrected chi connectivity index (χ2v) is 7.49. The zero-order chi connectivity index (χ0) is 25.7. The number of carbonyl (C=O) groups is 6. The molecule has 0 aliphatic rings. The standard InChI is InChI=1S/C19H32N4O10/c1-3-9(2)15(18(31)22-12(19(32)33)5-7-14(27)28)23-17(30)11(4-6-13(25)26)21-16(29)10(20)8-24/h9-12,15,24H,3-8,20H2,1-2H3,(H,21,29)(H,22,31)(H,23,30)(H,25,26)(H,27,28)(H,32,33). The average molecular weight is 476 g/mol. The van der Waals surface area contributed by atoms with E-state index in [1.54, 1.807) is 13.8 Å². The lowest BCUT2D eigenvalue weighted by Gasteiger charge is -2.28. The zero-order valence-corrected chi connectivity index (χ0v) is 18.4. The van der Waals surface area contributed by atoms with Crippen molar-refractivity contribution < 1.29 is 49.2 Å². The molecule has 5 atom stereocenters. The Labute approximate surface area is 189 Å². The number of nitrogens with one attached hydrogen (secondary N) is 3. The third-order valence-electron chi connectivity index (χ3n) is 4.87. The van der Waals surface area contributed by atoms with Crippen LogP contribution in [-0.2, 0) is 28.8 Å². The lowest BCUT2D eigenvalue weighted by atomic mass is 9.96. The zero-order valence-electron chi connectivity index (χ0n) is 18.4. The first-order valence-corrected chi connectivity index (χ1v) is 10.3. The van der Waals surface area contributed by atoms with Crippen LogP contribution in [0.2, 0.25) is 0 Å². The normalized spacial score (nSPS) is 15.3. The number of amides is 3. The van der Waals surface area contributed by atoms with Gasteiger partial charge in [-0.2, -0.15) is 0 Å². The Morgan fingerprint density at radius 1 is 0.788 bits per heavy atom. The van der Waals surface area contributed by atoms with Gasteiger partial charge in [0.2, 0.25) is 17.7 Å². The van der Waals surface area contributed by atoms with Gasteiger partial charge in [-0.05, 0) is 18.8 Å². The number of carboxylic acid groups (broad SMARTS) is 3. The molecule has 188 valence electrons. The number of nitrogens with two attached hydrogens (primary N) is 1. The first-order valence-electron chi connectivity index (χ1n) is 10.3. The van der Waals surface area contributed by atoms with Gasteiger partial charge in [-0.3, -0.25) is 24.0 Å². The summed E-state index contributed by atoms with van der Waals surface area (Å²) in [5.74, 6) is -7.15. The predicted molar refractivity (Wildman–Crippen MR) is 112 cm³/mol. The molecule has 0 saturated heterocycles. The summed E-state index contributed by atoms with van der Waals surface area (Å²) >= 11 is 0. The largest absolute Gasteiger partial charge is 0.481 e. The van der Waals surface area contributed by atoms with Crippen LogP contribution in [0.1, 0.15) is 46.0 Å². The predicted octanol–water partition coefficient (Wildman–Crippen LogP) is -2.38. The molecule has 0 aromatic carbocycles. The van der Waals surface area contributed by atoms with Crippen molar-refractivity contribution >= 4 is 35.6 Å². The molecule has 0 saturated carbocycles. The van der Waals surface area contributed by atoms with Crippen LogP contribution in [0.4, 0.5) is 0 Å². The molecule has 0 aromatic heterocycles. The van der Waals surface area contributed by atoms with E-state index in [0.717, 1.165) is 0 Å². The van der Waals surface area contributed by atoms with E-state index >= 15 is 0 Å². The molecule has 0 rings (SSSR count). The van der Waals surface area contributed by atoms with Crippen LogP contribution in [0.15, 0.2) is 0 Å². The van der Waals surface area contributed by atoms with Gasteiger partial charge in [0.05, 0.1) is 6.61 Å². The topological polar surface area (TPSA) is 245 Å². The molecule has 0 aliphatic carbocycles. The van der Waals surface area contributed by atoms with Gasteiger partial charge in [-0.15, -0.1) is 0 Å². The number of aliphatic hydroxyl groups is 1. The number of hydrogen-bond donors (Lipinski definition) is 8. The number of hydrogen-bond acceptors (Lipinski definition) is 8. The van der Waals surface area contributed by atoms with E-state index in [2.05, 4.69) is 16.0 Å². The Kier molecular flexibility index (Phi) is 13.3. The number of carboxylic acids is 3. The molecule has 14 heteroatoms. The highest BCUT2D eigenvalue weighted by Gasteiger charge is 2.33. The first-order chi connectivity index (χ1) is 15.3. The van der Waals surface area contributed by atoms with E-state index in [0.29, 0.717) is 6.42 Å². The number of aliphatic hydroxyl groups excluding tert-OH is 1. The third-order valence-corrected chi connectivity index (χ3v) is 4.87. The van der Waals surface area contributed by atoms with Crippen molar-refractivity contribution in [3.63, 3.8) is 0 Å². The summed E-state index contributed by atoms with van der Waals surface area (Å²) < 4.78 is 0. The Morgan fingerprint density at radius 3 is 1.70 bits per heavy atom. The average Bonchev–Trinajstić information content (AvgIpc) is 2.75. The summed E-state index contributed by atoms with van der Waals surface area (Å²) in [4.78, 5) is 70.5. The highest BCUT2D eigenvalue weighted by atomic mass is 16.4. The molecule has 5 unspecified atom stereocenters. The molecule has 0 fully saturated rings. The van der Waals surface area contributed by atoms with Gasteiger partial charge in [0.25, 0.3) is 0 Å². The van der Waals surface area contributed by atoms with Crippen LogP contribution in [0.5, 0.6) is 0 Å². The highest BCUT2D eigenvalue weighted by molar-refractivity contribution is 5.94. The van der Waals surface area contributed by atoms with E-state index in [-0.39, 0.29) is 12.8 Å². The fourth-order valence-electron chi connectivity index (χ4n) is 2.64. The molecule has 0 aromatic rings. The minimum atomic E-state index is -1.51. The second kappa shape index (κ2) is 14.7. The Hall–Kier alpha value is -3.26. The van der Waals surface area contributed by atoms with Crippen LogP contribution < -0.4 is 21.7 Å². The van der Waals surface area contributed by atoms with E-state index in [9.17, 15) is 33.9 Å². The molecular weight excluding hydrogens is 444 g/mol. The molecule has 0 heterocycles. The van der Waals surface area contributed by atoms with Crippen molar-refractivity contribution in [3.05, 3.63) is 0 Å². The Balaban J connectivity index is 5.57. The fraction of sp³-hybridized carbons (Fsp3) is 0.684. The number of aliphatic carboxylic acids is 3. The Morgan fingerprint density at radius 2 is 1.27 bits per heavy atom. The van der Waals surface area contributed by atoms with Crippen LogP contribution in [0, 0.1) is 5.92 Å². The number of carbonyl (C=O) groups excluding carboxylic acids is 3. The van der Waals surface area contributed by atoms with Gasteiger partial charge in [0.1, 0.15) is 24.2 Å². The fourth-order valence-corrected chi connectivity index (χ4v) is 2.64. The summed E-state index contributed by atoms with van der Waals surface area (Å²) in [7, 11) is 0. The SMILES string of the molecule is CCC(C)C(NC(=O)C(CCC(=O)O)NC(=O)C(N)CO)C(=O)NC(CCC(=O)O)C(=O)O. The minimum absolute atomic E-state index is 0.337. The lowest BCUT2D eigenvalue weighted by Crippen LogP contribution is -2.59. The monoisotopic (exact) mass is 476 g/mol. The maximum atomic E-state index is 12.8. The quantitative estimate of drug-likeness (QED) is 0.117. The summed E-state index contributed by atoms with van der Waals surface area (Å²) in [6, 6.07) is -5.52. The molecule has 0 spiro atoms. The van der Waals surface area contributed by atoms with Crippen molar-refractivity contribution in [2.75, 3.05) is 6.61 Å². The third kappa shape index (κ3) is 11.2. The van der Waals surface area contributed by atoms with E-state index in [1.165, 1.54) is 0 Å². The molecule has 14 nitrogen and oxygen atoms in total. The van der Waals surface area contributed by atoms with Gasteiger partial charge < -0.3 is 42.1 Å². The van der Waals surface area contributed by atoms with Gasteiger partial charge in [0.15, 0.2) is 0 Å². The van der Waals surface area contributed by atoms with Crippen molar-refractivity contribution in [2.45, 2.75) is 70.1 Å². The first kappa shape index (κ1) is 29.7. The van der Waals surface area contributed by atoms with Crippen LogP contribution in [0.25, 0.3) is 0 Å². The Bertz CT molecular complexity index is 729. The summed E-state index contributed by atoms with van der Waals surface area (Å²) in [6.07, 6.45) is -1.34. The maximum absolute atomic E-state index is 12.8. The number of rotatable bonds is 16. The second-order valence-electron chi connectivity index (χ2n) is 7.49. The summed E-state index contributed by atoms with van der Waals surface area (Å²) in [5.41, 5.74) is 5.40. The summed E-state index contributed by atoms with van der Waals surface area (Å²) in [5, 5.41) is 42.7. The van der Waals surface area contributed by atoms with Crippen molar-refractivity contribution in [3.8, 4) is 0 Å². The maximum Gasteiger partial charge on any atom is 0.326 e. The molecule has 0 radical (unpaired) electrons. The molecule has 0 bridgehead atoms. The van der Waals surface area contributed by atoms with Crippen molar-refractivity contribution in [1.29, 1.82) is 0 Å². The van der Waals surface area contributed by atoms with Gasteiger partial charge in [-0.1, -0.05) is 20.3 Å². The van der Waals surface area contributed by atoms with E-state index < -0.39 is 85.2 Å². The minimum Gasteiger partial charge on any atom is -0.481 e. The molecule has 9 N–H and O–H groups in total. The van der Waals surface area contributed by atoms with Crippen LogP contribution in [0.3, 0.4) is 0 Å². The van der Waals surface area contributed by atoms with Crippen molar-refractivity contribution in [1.82, 2.24) is 16.0 Å². The molecule has 3 amide bonds. The smallest absolute Gasteiger partial charge is 0.326 e. The van der Waals surface area contributed by atoms with Gasteiger partial charge in [0, 0.05) is 12.8 Å². The highest BCUT2D eigenvalue weighted by Crippen LogP contribution is 2.11. The van der Waals surface area contributed by atoms with Crippen LogP contribution >= 0.6 is 0 Å². The summed E-state index contributed by atoms with van der Waals surface area (Å²) in [6.45, 7) is 2.59. The van der Waals surface area contributed by atoms with E-state index in [1.807, 2.05) is 0 Å². The van der Waals surface area contributed by atoms with Crippen molar-refractivity contribution in [2.24, 2.45) is 11.7 Å². The van der Waals surface area contributed by atoms with E-state index in [4.69, 9.17) is 21.1 Å². The van der Waals surface area contributed by atoms with Crippen LogP contribution in [-0.4, -0.2) is 86.8 Å². The molecule has 0 aliphatic heterocycles. The molecule has 33 heavy (non-hydrogen) atoms. The van der Waals surface area contributed by atoms with Gasteiger partial charge in [-0.25, -0.2) is 4.79 Å². The van der Waals surface area contributed by atoms with Gasteiger partial charge >= 0.3 is 17.9 Å². The lowest BCUT2D eigenvalue weighted by molar-refractivity contribution is -0.143. The molecular formula is C19H32N4O10.